The summed E-state index contributed by atoms with van der Waals surface area (Å²) in [6, 6.07) is 12.0. The summed E-state index contributed by atoms with van der Waals surface area (Å²) in [5.74, 6) is 0.830. The maximum atomic E-state index is 10.3. The third-order valence-corrected chi connectivity index (χ3v) is 5.24. The number of ether oxygens (including phenoxy) is 1. The standard InChI is InChI=1S/C15H14O2S2/c1-17-11-4-2-3-10(7-11)8-12(16)14-9-15-13(19-14)5-6-18-15/h2-7,9,12,16H,8H2,1H3. The first-order valence-corrected chi connectivity index (χ1v) is 7.74. The van der Waals surface area contributed by atoms with Crippen molar-refractivity contribution in [1.29, 1.82) is 0 Å². The highest BCUT2D eigenvalue weighted by atomic mass is 32.1. The fourth-order valence-electron chi connectivity index (χ4n) is 2.07. The van der Waals surface area contributed by atoms with Crippen molar-refractivity contribution in [3.63, 3.8) is 0 Å². The van der Waals surface area contributed by atoms with Gasteiger partial charge in [-0.15, -0.1) is 22.7 Å². The molecule has 1 unspecified atom stereocenters. The van der Waals surface area contributed by atoms with Crippen LogP contribution in [0.3, 0.4) is 0 Å². The number of thiophene rings is 2. The molecule has 0 aliphatic rings. The predicted octanol–water partition coefficient (Wildman–Crippen LogP) is 4.25. The molecule has 2 heterocycles. The topological polar surface area (TPSA) is 29.5 Å². The molecule has 0 aliphatic heterocycles. The number of hydrogen-bond donors (Lipinski definition) is 1. The van der Waals surface area contributed by atoms with Crippen molar-refractivity contribution >= 4 is 32.1 Å². The largest absolute Gasteiger partial charge is 0.497 e. The summed E-state index contributed by atoms with van der Waals surface area (Å²) in [5, 5.41) is 12.4. The Balaban J connectivity index is 1.80. The molecule has 2 aromatic heterocycles. The molecule has 3 rings (SSSR count). The van der Waals surface area contributed by atoms with E-state index in [0.29, 0.717) is 6.42 Å². The van der Waals surface area contributed by atoms with E-state index in [-0.39, 0.29) is 0 Å². The minimum Gasteiger partial charge on any atom is -0.497 e. The Morgan fingerprint density at radius 2 is 2.11 bits per heavy atom. The zero-order valence-corrected chi connectivity index (χ0v) is 12.1. The molecule has 0 aliphatic carbocycles. The first-order chi connectivity index (χ1) is 9.26. The van der Waals surface area contributed by atoms with Gasteiger partial charge in [0.15, 0.2) is 0 Å². The highest BCUT2D eigenvalue weighted by Crippen LogP contribution is 2.34. The maximum absolute atomic E-state index is 10.3. The summed E-state index contributed by atoms with van der Waals surface area (Å²) in [7, 11) is 1.66. The average molecular weight is 290 g/mol. The van der Waals surface area contributed by atoms with Gasteiger partial charge in [0.25, 0.3) is 0 Å². The van der Waals surface area contributed by atoms with Crippen LogP contribution in [0.4, 0.5) is 0 Å². The van der Waals surface area contributed by atoms with Gasteiger partial charge in [-0.05, 0) is 35.2 Å². The Hall–Kier alpha value is -1.36. The summed E-state index contributed by atoms with van der Waals surface area (Å²) in [4.78, 5) is 1.03. The smallest absolute Gasteiger partial charge is 0.119 e. The quantitative estimate of drug-likeness (QED) is 0.778. The zero-order chi connectivity index (χ0) is 13.2. The van der Waals surface area contributed by atoms with E-state index < -0.39 is 6.10 Å². The summed E-state index contributed by atoms with van der Waals surface area (Å²) in [6.07, 6.45) is 0.169. The van der Waals surface area contributed by atoms with Gasteiger partial charge >= 0.3 is 0 Å². The minimum atomic E-state index is -0.447. The minimum absolute atomic E-state index is 0.447. The highest BCUT2D eigenvalue weighted by molar-refractivity contribution is 7.26. The third kappa shape index (κ3) is 2.66. The van der Waals surface area contributed by atoms with Gasteiger partial charge in [-0.3, -0.25) is 0 Å². The Labute approximate surface area is 119 Å². The van der Waals surface area contributed by atoms with Gasteiger partial charge in [0.05, 0.1) is 13.2 Å². The normalized spacial score (nSPS) is 12.7. The van der Waals surface area contributed by atoms with Gasteiger partial charge in [-0.25, -0.2) is 0 Å². The summed E-state index contributed by atoms with van der Waals surface area (Å²) >= 11 is 3.39. The van der Waals surface area contributed by atoms with Crippen LogP contribution in [0.5, 0.6) is 5.75 Å². The van der Waals surface area contributed by atoms with E-state index >= 15 is 0 Å². The molecule has 0 fully saturated rings. The number of fused-ring (bicyclic) bond motifs is 1. The van der Waals surface area contributed by atoms with Gasteiger partial charge < -0.3 is 9.84 Å². The fraction of sp³-hybridized carbons (Fsp3) is 0.200. The summed E-state index contributed by atoms with van der Waals surface area (Å²) < 4.78 is 7.71. The number of aliphatic hydroxyl groups excluding tert-OH is 1. The van der Waals surface area contributed by atoms with Crippen LogP contribution in [0.25, 0.3) is 9.40 Å². The van der Waals surface area contributed by atoms with Crippen molar-refractivity contribution in [3.05, 3.63) is 52.2 Å². The lowest BCUT2D eigenvalue weighted by atomic mass is 10.1. The first-order valence-electron chi connectivity index (χ1n) is 6.04. The Bertz CT molecular complexity index is 656. The Morgan fingerprint density at radius 1 is 1.21 bits per heavy atom. The SMILES string of the molecule is COc1cccc(CC(O)c2cc3sccc3s2)c1. The average Bonchev–Trinajstić information content (AvgIpc) is 2.99. The van der Waals surface area contributed by atoms with E-state index in [1.54, 1.807) is 29.8 Å². The molecule has 0 radical (unpaired) electrons. The molecule has 3 aromatic rings. The van der Waals surface area contributed by atoms with Gasteiger partial charge in [-0.1, -0.05) is 12.1 Å². The zero-order valence-electron chi connectivity index (χ0n) is 10.5. The predicted molar refractivity (Wildman–Crippen MR) is 81.4 cm³/mol. The molecule has 98 valence electrons. The summed E-state index contributed by atoms with van der Waals surface area (Å²) in [6.45, 7) is 0. The fourth-order valence-corrected chi connectivity index (χ4v) is 4.18. The number of rotatable bonds is 4. The second-order valence-electron chi connectivity index (χ2n) is 4.37. The van der Waals surface area contributed by atoms with Crippen LogP contribution in [0, 0.1) is 0 Å². The Kier molecular flexibility index (Phi) is 3.55. The van der Waals surface area contributed by atoms with Gasteiger partial charge in [0.1, 0.15) is 5.75 Å². The molecule has 0 bridgehead atoms. The molecule has 0 amide bonds. The van der Waals surface area contributed by atoms with Gasteiger partial charge in [0, 0.05) is 20.7 Å². The molecule has 0 saturated carbocycles. The molecule has 0 saturated heterocycles. The lowest BCUT2D eigenvalue weighted by molar-refractivity contribution is 0.182. The second kappa shape index (κ2) is 5.33. The van der Waals surface area contributed by atoms with Crippen LogP contribution in [0.2, 0.25) is 0 Å². The van der Waals surface area contributed by atoms with Crippen molar-refractivity contribution < 1.29 is 9.84 Å². The van der Waals surface area contributed by atoms with E-state index in [1.165, 1.54) is 9.40 Å². The van der Waals surface area contributed by atoms with Crippen molar-refractivity contribution in [2.75, 3.05) is 7.11 Å². The lowest BCUT2D eigenvalue weighted by Crippen LogP contribution is -1.99. The van der Waals surface area contributed by atoms with Crippen LogP contribution in [0.1, 0.15) is 16.5 Å². The number of aliphatic hydroxyl groups is 1. The molecule has 2 nitrogen and oxygen atoms in total. The molecule has 1 atom stereocenters. The Morgan fingerprint density at radius 3 is 2.89 bits per heavy atom. The number of methoxy groups -OCH3 is 1. The number of benzene rings is 1. The molecular formula is C15H14O2S2. The van der Waals surface area contributed by atoms with Crippen LogP contribution in [-0.4, -0.2) is 12.2 Å². The molecule has 0 spiro atoms. The van der Waals surface area contributed by atoms with Crippen LogP contribution < -0.4 is 4.74 Å². The van der Waals surface area contributed by atoms with Crippen molar-refractivity contribution in [2.24, 2.45) is 0 Å². The first kappa shape index (κ1) is 12.7. The monoisotopic (exact) mass is 290 g/mol. The highest BCUT2D eigenvalue weighted by Gasteiger charge is 2.13. The van der Waals surface area contributed by atoms with Crippen LogP contribution in [-0.2, 0) is 6.42 Å². The van der Waals surface area contributed by atoms with Gasteiger partial charge in [0.2, 0.25) is 0 Å². The van der Waals surface area contributed by atoms with E-state index in [1.807, 2.05) is 24.3 Å². The van der Waals surface area contributed by atoms with E-state index in [0.717, 1.165) is 16.2 Å². The van der Waals surface area contributed by atoms with Crippen molar-refractivity contribution in [1.82, 2.24) is 0 Å². The van der Waals surface area contributed by atoms with E-state index in [2.05, 4.69) is 17.5 Å². The van der Waals surface area contributed by atoms with Crippen molar-refractivity contribution in [3.8, 4) is 5.75 Å². The molecule has 19 heavy (non-hydrogen) atoms. The lowest BCUT2D eigenvalue weighted by Gasteiger charge is -2.09. The third-order valence-electron chi connectivity index (χ3n) is 3.05. The molecule has 1 aromatic carbocycles. The maximum Gasteiger partial charge on any atom is 0.119 e. The van der Waals surface area contributed by atoms with Crippen LogP contribution >= 0.6 is 22.7 Å². The second-order valence-corrected chi connectivity index (χ2v) is 6.43. The van der Waals surface area contributed by atoms with Crippen molar-refractivity contribution in [2.45, 2.75) is 12.5 Å². The van der Waals surface area contributed by atoms with E-state index in [9.17, 15) is 5.11 Å². The van der Waals surface area contributed by atoms with E-state index in [4.69, 9.17) is 4.74 Å². The summed E-state index contributed by atoms with van der Waals surface area (Å²) in [5.41, 5.74) is 1.09. The van der Waals surface area contributed by atoms with Crippen LogP contribution in [0.15, 0.2) is 41.8 Å². The number of hydrogen-bond acceptors (Lipinski definition) is 4. The molecular weight excluding hydrogens is 276 g/mol. The van der Waals surface area contributed by atoms with Gasteiger partial charge in [-0.2, -0.15) is 0 Å². The molecule has 1 N–H and O–H groups in total. The molecule has 4 heteroatoms.